The van der Waals surface area contributed by atoms with E-state index in [1.165, 1.54) is 18.2 Å². The molecular formula is C12H7BrF2N2O2. The molecule has 1 aromatic carbocycles. The quantitative estimate of drug-likeness (QED) is 0.845. The lowest BCUT2D eigenvalue weighted by Crippen LogP contribution is -2.00. The number of nitrogens with one attached hydrogen (secondary N) is 1. The molecule has 0 saturated carbocycles. The second-order valence-electron chi connectivity index (χ2n) is 3.61. The van der Waals surface area contributed by atoms with E-state index in [-0.39, 0.29) is 21.5 Å². The van der Waals surface area contributed by atoms with Crippen molar-refractivity contribution in [2.75, 3.05) is 5.32 Å². The van der Waals surface area contributed by atoms with Crippen molar-refractivity contribution < 1.29 is 18.7 Å². The topological polar surface area (TPSA) is 62.2 Å². The van der Waals surface area contributed by atoms with Crippen molar-refractivity contribution in [1.82, 2.24) is 4.98 Å². The van der Waals surface area contributed by atoms with Gasteiger partial charge in [0.15, 0.2) is 0 Å². The minimum absolute atomic E-state index is 0.0197. The van der Waals surface area contributed by atoms with Gasteiger partial charge in [-0.15, -0.1) is 0 Å². The van der Waals surface area contributed by atoms with Crippen LogP contribution in [0.2, 0.25) is 0 Å². The maximum absolute atomic E-state index is 13.5. The maximum Gasteiger partial charge on any atom is 0.337 e. The maximum atomic E-state index is 13.5. The first-order valence-corrected chi connectivity index (χ1v) is 5.87. The van der Waals surface area contributed by atoms with E-state index in [9.17, 15) is 13.6 Å². The van der Waals surface area contributed by atoms with E-state index >= 15 is 0 Å². The van der Waals surface area contributed by atoms with E-state index in [0.29, 0.717) is 0 Å². The summed E-state index contributed by atoms with van der Waals surface area (Å²) in [5, 5.41) is 11.3. The van der Waals surface area contributed by atoms with Gasteiger partial charge < -0.3 is 10.4 Å². The number of hydrogen-bond acceptors (Lipinski definition) is 3. The molecule has 2 rings (SSSR count). The van der Waals surface area contributed by atoms with Crippen molar-refractivity contribution >= 4 is 33.4 Å². The molecule has 2 aromatic rings. The summed E-state index contributed by atoms with van der Waals surface area (Å²) in [6.45, 7) is 0. The van der Waals surface area contributed by atoms with Crippen molar-refractivity contribution in [2.24, 2.45) is 0 Å². The SMILES string of the molecule is O=C(O)c1ccc(Nc2cc(Br)c(F)cc2F)nc1. The first kappa shape index (κ1) is 13.4. The van der Waals surface area contributed by atoms with E-state index in [4.69, 9.17) is 5.11 Å². The molecule has 0 unspecified atom stereocenters. The van der Waals surface area contributed by atoms with Crippen LogP contribution in [0.25, 0.3) is 0 Å². The van der Waals surface area contributed by atoms with Crippen LogP contribution in [0.3, 0.4) is 0 Å². The molecule has 0 saturated heterocycles. The Balaban J connectivity index is 2.26. The smallest absolute Gasteiger partial charge is 0.337 e. The minimum atomic E-state index is -1.10. The molecule has 0 fully saturated rings. The summed E-state index contributed by atoms with van der Waals surface area (Å²) >= 11 is 2.94. The van der Waals surface area contributed by atoms with Crippen molar-refractivity contribution in [3.05, 3.63) is 52.1 Å². The number of benzene rings is 1. The molecule has 7 heteroatoms. The van der Waals surface area contributed by atoms with Crippen LogP contribution >= 0.6 is 15.9 Å². The fourth-order valence-electron chi connectivity index (χ4n) is 1.35. The number of aromatic nitrogens is 1. The van der Waals surface area contributed by atoms with Crippen LogP contribution in [-0.4, -0.2) is 16.1 Å². The molecule has 4 nitrogen and oxygen atoms in total. The van der Waals surface area contributed by atoms with Crippen LogP contribution in [0, 0.1) is 11.6 Å². The largest absolute Gasteiger partial charge is 0.478 e. The number of anilines is 2. The number of nitrogens with zero attached hydrogens (tertiary/aromatic N) is 1. The lowest BCUT2D eigenvalue weighted by atomic mass is 10.2. The zero-order chi connectivity index (χ0) is 14.0. The highest BCUT2D eigenvalue weighted by Gasteiger charge is 2.09. The zero-order valence-electron chi connectivity index (χ0n) is 9.32. The highest BCUT2D eigenvalue weighted by Crippen LogP contribution is 2.25. The van der Waals surface area contributed by atoms with Gasteiger partial charge in [0, 0.05) is 12.3 Å². The number of rotatable bonds is 3. The molecule has 0 aliphatic carbocycles. The van der Waals surface area contributed by atoms with E-state index < -0.39 is 17.6 Å². The van der Waals surface area contributed by atoms with Gasteiger partial charge in [-0.1, -0.05) is 0 Å². The Kier molecular flexibility index (Phi) is 3.75. The Morgan fingerprint density at radius 1 is 1.26 bits per heavy atom. The number of carboxylic acid groups (broad SMARTS) is 1. The highest BCUT2D eigenvalue weighted by molar-refractivity contribution is 9.10. The summed E-state index contributed by atoms with van der Waals surface area (Å²) in [6, 6.07) is 4.68. The van der Waals surface area contributed by atoms with Gasteiger partial charge in [-0.25, -0.2) is 18.6 Å². The standard InChI is InChI=1S/C12H7BrF2N2O2/c13-7-3-10(9(15)4-8(7)14)17-11-2-1-6(5-16-11)12(18)19/h1-5H,(H,16,17)(H,18,19). The van der Waals surface area contributed by atoms with Crippen LogP contribution in [0.4, 0.5) is 20.3 Å². The second kappa shape index (κ2) is 5.31. The molecular weight excluding hydrogens is 322 g/mol. The van der Waals surface area contributed by atoms with Crippen molar-refractivity contribution in [2.45, 2.75) is 0 Å². The van der Waals surface area contributed by atoms with Gasteiger partial charge >= 0.3 is 5.97 Å². The summed E-state index contributed by atoms with van der Waals surface area (Å²) in [5.74, 6) is -2.33. The van der Waals surface area contributed by atoms with Gasteiger partial charge in [-0.2, -0.15) is 0 Å². The average Bonchev–Trinajstić information content (AvgIpc) is 2.36. The summed E-state index contributed by atoms with van der Waals surface area (Å²) in [4.78, 5) is 14.5. The van der Waals surface area contributed by atoms with E-state index in [1.54, 1.807) is 0 Å². The Hall–Kier alpha value is -2.02. The summed E-state index contributed by atoms with van der Waals surface area (Å²) < 4.78 is 26.6. The molecule has 0 amide bonds. The van der Waals surface area contributed by atoms with E-state index in [2.05, 4.69) is 26.2 Å². The highest BCUT2D eigenvalue weighted by atomic mass is 79.9. The zero-order valence-corrected chi connectivity index (χ0v) is 10.9. The lowest BCUT2D eigenvalue weighted by molar-refractivity contribution is 0.0696. The van der Waals surface area contributed by atoms with Crippen LogP contribution in [0.1, 0.15) is 10.4 Å². The third kappa shape index (κ3) is 3.05. The minimum Gasteiger partial charge on any atom is -0.478 e. The van der Waals surface area contributed by atoms with Gasteiger partial charge in [-0.05, 0) is 34.1 Å². The molecule has 1 aromatic heterocycles. The number of carboxylic acids is 1. The fourth-order valence-corrected chi connectivity index (χ4v) is 1.69. The molecule has 0 aliphatic heterocycles. The predicted molar refractivity (Wildman–Crippen MR) is 68.5 cm³/mol. The first-order valence-electron chi connectivity index (χ1n) is 5.08. The Morgan fingerprint density at radius 2 is 2.00 bits per heavy atom. The number of pyridine rings is 1. The lowest BCUT2D eigenvalue weighted by Gasteiger charge is -2.08. The molecule has 2 N–H and O–H groups in total. The average molecular weight is 329 g/mol. The Labute approximate surface area is 115 Å². The molecule has 1 heterocycles. The summed E-state index contributed by atoms with van der Waals surface area (Å²) in [6.07, 6.45) is 1.14. The van der Waals surface area contributed by atoms with Crippen molar-refractivity contribution in [3.8, 4) is 0 Å². The van der Waals surface area contributed by atoms with E-state index in [0.717, 1.165) is 12.3 Å². The van der Waals surface area contributed by atoms with Crippen LogP contribution < -0.4 is 5.32 Å². The molecule has 0 atom stereocenters. The normalized spacial score (nSPS) is 10.3. The summed E-state index contributed by atoms with van der Waals surface area (Å²) in [5.41, 5.74) is 0.0511. The molecule has 0 spiro atoms. The van der Waals surface area contributed by atoms with Gasteiger partial charge in [0.05, 0.1) is 15.7 Å². The summed E-state index contributed by atoms with van der Waals surface area (Å²) in [7, 11) is 0. The van der Waals surface area contributed by atoms with Gasteiger partial charge in [0.1, 0.15) is 17.5 Å². The Bertz CT molecular complexity index is 632. The number of hydrogen-bond donors (Lipinski definition) is 2. The molecule has 98 valence electrons. The first-order chi connectivity index (χ1) is 8.97. The van der Waals surface area contributed by atoms with Gasteiger partial charge in [0.2, 0.25) is 0 Å². The fraction of sp³-hybridized carbons (Fsp3) is 0. The van der Waals surface area contributed by atoms with E-state index in [1.807, 2.05) is 0 Å². The predicted octanol–water partition coefficient (Wildman–Crippen LogP) is 3.56. The number of aromatic carboxylic acids is 1. The van der Waals surface area contributed by atoms with Crippen LogP contribution in [0.5, 0.6) is 0 Å². The monoisotopic (exact) mass is 328 g/mol. The van der Waals surface area contributed by atoms with Gasteiger partial charge in [0.25, 0.3) is 0 Å². The Morgan fingerprint density at radius 3 is 2.58 bits per heavy atom. The molecule has 0 bridgehead atoms. The van der Waals surface area contributed by atoms with Crippen LogP contribution in [0.15, 0.2) is 34.9 Å². The van der Waals surface area contributed by atoms with Crippen LogP contribution in [-0.2, 0) is 0 Å². The van der Waals surface area contributed by atoms with Gasteiger partial charge in [-0.3, -0.25) is 0 Å². The molecule has 19 heavy (non-hydrogen) atoms. The number of carbonyl (C=O) groups is 1. The third-order valence-electron chi connectivity index (χ3n) is 2.28. The number of halogens is 3. The molecule has 0 aliphatic rings. The van der Waals surface area contributed by atoms with Crippen molar-refractivity contribution in [3.63, 3.8) is 0 Å². The molecule has 0 radical (unpaired) electrons. The third-order valence-corrected chi connectivity index (χ3v) is 2.89. The second-order valence-corrected chi connectivity index (χ2v) is 4.46. The van der Waals surface area contributed by atoms with Crippen molar-refractivity contribution in [1.29, 1.82) is 0 Å².